The van der Waals surface area contributed by atoms with Gasteiger partial charge in [-0.05, 0) is 48.6 Å². The molecule has 0 aliphatic carbocycles. The zero-order valence-electron chi connectivity index (χ0n) is 18.3. The Bertz CT molecular complexity index is 832. The van der Waals surface area contributed by atoms with Crippen molar-refractivity contribution in [1.82, 2.24) is 10.6 Å². The molecule has 1 aliphatic rings. The Morgan fingerprint density at radius 1 is 1.13 bits per heavy atom. The molecular formula is C25H32N2O4. The molecule has 3 unspecified atom stereocenters. The van der Waals surface area contributed by atoms with Gasteiger partial charge in [0.05, 0.1) is 6.10 Å². The minimum absolute atomic E-state index is 0.0150. The lowest BCUT2D eigenvalue weighted by atomic mass is 9.97. The minimum Gasteiger partial charge on any atom is -0.491 e. The summed E-state index contributed by atoms with van der Waals surface area (Å²) in [6.45, 7) is 5.74. The Balaban J connectivity index is 1.51. The number of benzene rings is 2. The van der Waals surface area contributed by atoms with Crippen LogP contribution in [0.25, 0.3) is 0 Å². The Kier molecular flexibility index (Phi) is 8.47. The molecule has 0 saturated carbocycles. The smallest absolute Gasteiger partial charge is 0.251 e. The van der Waals surface area contributed by atoms with Gasteiger partial charge in [-0.3, -0.25) is 9.59 Å². The molecule has 166 valence electrons. The lowest BCUT2D eigenvalue weighted by molar-refractivity contribution is -0.124. The van der Waals surface area contributed by atoms with E-state index in [-0.39, 0.29) is 23.8 Å². The van der Waals surface area contributed by atoms with E-state index in [9.17, 15) is 9.59 Å². The van der Waals surface area contributed by atoms with E-state index in [0.29, 0.717) is 18.7 Å². The van der Waals surface area contributed by atoms with E-state index >= 15 is 0 Å². The summed E-state index contributed by atoms with van der Waals surface area (Å²) in [5.74, 6) is 0.380. The maximum absolute atomic E-state index is 12.8. The van der Waals surface area contributed by atoms with Gasteiger partial charge in [0.15, 0.2) is 0 Å². The predicted molar refractivity (Wildman–Crippen MR) is 120 cm³/mol. The number of carbonyl (C=O) groups is 2. The zero-order valence-corrected chi connectivity index (χ0v) is 18.3. The first-order valence-corrected chi connectivity index (χ1v) is 11.0. The van der Waals surface area contributed by atoms with Gasteiger partial charge in [-0.15, -0.1) is 0 Å². The molecule has 6 nitrogen and oxygen atoms in total. The van der Waals surface area contributed by atoms with Crippen LogP contribution in [0.5, 0.6) is 5.75 Å². The highest BCUT2D eigenvalue weighted by Crippen LogP contribution is 2.17. The van der Waals surface area contributed by atoms with Gasteiger partial charge in [0.2, 0.25) is 5.91 Å². The lowest BCUT2D eigenvalue weighted by Gasteiger charge is -2.23. The topological polar surface area (TPSA) is 76.7 Å². The van der Waals surface area contributed by atoms with Crippen LogP contribution in [0, 0.1) is 5.92 Å². The molecule has 0 aromatic heterocycles. The fourth-order valence-corrected chi connectivity index (χ4v) is 3.48. The molecule has 3 atom stereocenters. The Morgan fingerprint density at radius 3 is 2.52 bits per heavy atom. The van der Waals surface area contributed by atoms with Gasteiger partial charge in [-0.1, -0.05) is 50.6 Å². The van der Waals surface area contributed by atoms with Crippen molar-refractivity contribution in [2.45, 2.75) is 51.8 Å². The molecular weight excluding hydrogens is 392 g/mol. The molecule has 0 bridgehead atoms. The second kappa shape index (κ2) is 11.5. The van der Waals surface area contributed by atoms with Gasteiger partial charge in [0, 0.05) is 18.7 Å². The molecule has 1 heterocycles. The summed E-state index contributed by atoms with van der Waals surface area (Å²) >= 11 is 0. The third-order valence-electron chi connectivity index (χ3n) is 5.67. The normalized spacial score (nSPS) is 17.5. The third-order valence-corrected chi connectivity index (χ3v) is 5.67. The number of nitrogens with one attached hydrogen (secondary N) is 2. The highest BCUT2D eigenvalue weighted by Gasteiger charge is 2.26. The molecule has 31 heavy (non-hydrogen) atoms. The highest BCUT2D eigenvalue weighted by molar-refractivity contribution is 5.97. The summed E-state index contributed by atoms with van der Waals surface area (Å²) in [6, 6.07) is 16.0. The Morgan fingerprint density at radius 2 is 1.87 bits per heavy atom. The fourth-order valence-electron chi connectivity index (χ4n) is 3.48. The average molecular weight is 425 g/mol. The van der Waals surface area contributed by atoms with Crippen molar-refractivity contribution in [3.05, 3.63) is 65.7 Å². The van der Waals surface area contributed by atoms with Crippen molar-refractivity contribution in [2.24, 2.45) is 5.92 Å². The van der Waals surface area contributed by atoms with E-state index < -0.39 is 6.04 Å². The number of ether oxygens (including phenoxy) is 2. The Hall–Kier alpha value is -2.86. The predicted octanol–water partition coefficient (Wildman–Crippen LogP) is 3.71. The van der Waals surface area contributed by atoms with Crippen molar-refractivity contribution in [3.8, 4) is 5.75 Å². The summed E-state index contributed by atoms with van der Waals surface area (Å²) in [7, 11) is 0. The molecule has 1 aliphatic heterocycles. The van der Waals surface area contributed by atoms with Gasteiger partial charge in [-0.2, -0.15) is 0 Å². The highest BCUT2D eigenvalue weighted by atomic mass is 16.5. The number of hydrogen-bond donors (Lipinski definition) is 2. The zero-order chi connectivity index (χ0) is 22.1. The van der Waals surface area contributed by atoms with Crippen molar-refractivity contribution >= 4 is 11.8 Å². The van der Waals surface area contributed by atoms with Crippen molar-refractivity contribution in [3.63, 3.8) is 0 Å². The number of rotatable bonds is 10. The van der Waals surface area contributed by atoms with Gasteiger partial charge in [-0.25, -0.2) is 0 Å². The van der Waals surface area contributed by atoms with Gasteiger partial charge < -0.3 is 20.1 Å². The molecule has 1 saturated heterocycles. The van der Waals surface area contributed by atoms with E-state index in [1.54, 1.807) is 24.3 Å². The summed E-state index contributed by atoms with van der Waals surface area (Å²) in [5, 5.41) is 5.84. The van der Waals surface area contributed by atoms with Crippen LogP contribution < -0.4 is 15.4 Å². The quantitative estimate of drug-likeness (QED) is 0.610. The van der Waals surface area contributed by atoms with Gasteiger partial charge in [0.1, 0.15) is 18.4 Å². The first-order valence-electron chi connectivity index (χ1n) is 11.0. The standard InChI is InChI=1S/C25H32N2O4/c1-3-18(2)23(27-24(28)20-8-5-4-6-9-20)25(29)26-16-19-11-13-21(14-12-19)31-17-22-10-7-15-30-22/h4-6,8-9,11-14,18,22-23H,3,7,10,15-17H2,1-2H3,(H,26,29)(H,27,28). The molecule has 2 aromatic rings. The maximum Gasteiger partial charge on any atom is 0.251 e. The van der Waals surface area contributed by atoms with Crippen molar-refractivity contribution in [2.75, 3.05) is 13.2 Å². The van der Waals surface area contributed by atoms with Crippen molar-refractivity contribution in [1.29, 1.82) is 0 Å². The molecule has 6 heteroatoms. The lowest BCUT2D eigenvalue weighted by Crippen LogP contribution is -2.50. The monoisotopic (exact) mass is 424 g/mol. The van der Waals surface area contributed by atoms with E-state index in [1.807, 2.05) is 44.2 Å². The van der Waals surface area contributed by atoms with Crippen LogP contribution in [-0.4, -0.2) is 37.2 Å². The number of amides is 2. The second-order valence-corrected chi connectivity index (χ2v) is 8.01. The SMILES string of the molecule is CCC(C)C(NC(=O)c1ccccc1)C(=O)NCc1ccc(OCC2CCCO2)cc1. The van der Waals surface area contributed by atoms with E-state index in [0.717, 1.165) is 37.2 Å². The first-order chi connectivity index (χ1) is 15.1. The minimum atomic E-state index is -0.591. The first kappa shape index (κ1) is 22.8. The molecule has 0 spiro atoms. The summed E-state index contributed by atoms with van der Waals surface area (Å²) < 4.78 is 11.3. The van der Waals surface area contributed by atoms with Crippen LogP contribution in [0.15, 0.2) is 54.6 Å². The molecule has 2 amide bonds. The van der Waals surface area contributed by atoms with Crippen LogP contribution in [0.4, 0.5) is 0 Å². The molecule has 2 aromatic carbocycles. The summed E-state index contributed by atoms with van der Waals surface area (Å²) in [4.78, 5) is 25.4. The summed E-state index contributed by atoms with van der Waals surface area (Å²) in [6.07, 6.45) is 3.10. The average Bonchev–Trinajstić information content (AvgIpc) is 3.34. The van der Waals surface area contributed by atoms with Crippen LogP contribution in [0.3, 0.4) is 0 Å². The number of hydrogen-bond acceptors (Lipinski definition) is 4. The Labute approximate surface area is 184 Å². The maximum atomic E-state index is 12.8. The fraction of sp³-hybridized carbons (Fsp3) is 0.440. The van der Waals surface area contributed by atoms with Crippen molar-refractivity contribution < 1.29 is 19.1 Å². The largest absolute Gasteiger partial charge is 0.491 e. The number of carbonyl (C=O) groups excluding carboxylic acids is 2. The van der Waals surface area contributed by atoms with E-state index in [2.05, 4.69) is 10.6 Å². The second-order valence-electron chi connectivity index (χ2n) is 8.01. The third kappa shape index (κ3) is 6.82. The van der Waals surface area contributed by atoms with Gasteiger partial charge >= 0.3 is 0 Å². The van der Waals surface area contributed by atoms with Crippen LogP contribution in [0.2, 0.25) is 0 Å². The van der Waals surface area contributed by atoms with E-state index in [4.69, 9.17) is 9.47 Å². The van der Waals surface area contributed by atoms with Crippen LogP contribution >= 0.6 is 0 Å². The molecule has 3 rings (SSSR count). The van der Waals surface area contributed by atoms with Crippen LogP contribution in [-0.2, 0) is 16.1 Å². The van der Waals surface area contributed by atoms with Gasteiger partial charge in [0.25, 0.3) is 5.91 Å². The summed E-state index contributed by atoms with van der Waals surface area (Å²) in [5.41, 5.74) is 1.51. The molecule has 1 fully saturated rings. The molecule has 2 N–H and O–H groups in total. The van der Waals surface area contributed by atoms with Crippen LogP contribution in [0.1, 0.15) is 49.0 Å². The molecule has 0 radical (unpaired) electrons. The van der Waals surface area contributed by atoms with E-state index in [1.165, 1.54) is 0 Å².